The number of carboxylic acids is 1. The highest BCUT2D eigenvalue weighted by Gasteiger charge is 2.31. The quantitative estimate of drug-likeness (QED) is 0.943. The van der Waals surface area contributed by atoms with Gasteiger partial charge in [0.1, 0.15) is 6.04 Å². The van der Waals surface area contributed by atoms with E-state index in [0.717, 1.165) is 22.6 Å². The first-order chi connectivity index (χ1) is 11.2. The molecule has 4 rings (SSSR count). The van der Waals surface area contributed by atoms with Gasteiger partial charge < -0.3 is 14.6 Å². The first-order valence-corrected chi connectivity index (χ1v) is 7.63. The molecule has 0 aromatic heterocycles. The van der Waals surface area contributed by atoms with Gasteiger partial charge in [-0.25, -0.2) is 0 Å². The van der Waals surface area contributed by atoms with E-state index in [2.05, 4.69) is 6.07 Å². The van der Waals surface area contributed by atoms with Crippen molar-refractivity contribution in [2.75, 3.05) is 6.79 Å². The number of fused-ring (bicyclic) bond motifs is 2. The van der Waals surface area contributed by atoms with E-state index < -0.39 is 12.0 Å². The van der Waals surface area contributed by atoms with Crippen LogP contribution in [-0.4, -0.2) is 28.8 Å². The Labute approximate surface area is 134 Å². The molecule has 23 heavy (non-hydrogen) atoms. The van der Waals surface area contributed by atoms with Crippen LogP contribution in [0.2, 0.25) is 0 Å². The Balaban J connectivity index is 1.60. The molecular weight excluding hydrogens is 294 g/mol. The van der Waals surface area contributed by atoms with Crippen LogP contribution in [0.1, 0.15) is 16.7 Å². The number of aliphatic carboxylic acids is 1. The van der Waals surface area contributed by atoms with E-state index in [0.29, 0.717) is 19.5 Å². The number of nitrogens with zero attached hydrogens (tertiary/aromatic N) is 1. The molecule has 118 valence electrons. The van der Waals surface area contributed by atoms with E-state index in [9.17, 15) is 9.90 Å². The number of rotatable bonds is 3. The van der Waals surface area contributed by atoms with E-state index in [1.54, 1.807) is 0 Å². The SMILES string of the molecule is O=C(O)C1Cc2ccccc2CN1Cc1ccc2c(c1)OCO2. The van der Waals surface area contributed by atoms with E-state index in [4.69, 9.17) is 9.47 Å². The molecule has 0 fully saturated rings. The number of benzene rings is 2. The van der Waals surface area contributed by atoms with Crippen molar-refractivity contribution in [2.45, 2.75) is 25.6 Å². The number of carbonyl (C=O) groups is 1. The van der Waals surface area contributed by atoms with Crippen molar-refractivity contribution in [3.8, 4) is 11.5 Å². The normalized spacial score (nSPS) is 19.4. The van der Waals surface area contributed by atoms with Crippen LogP contribution >= 0.6 is 0 Å². The van der Waals surface area contributed by atoms with Gasteiger partial charge in [0.25, 0.3) is 0 Å². The summed E-state index contributed by atoms with van der Waals surface area (Å²) in [5.41, 5.74) is 3.35. The maximum atomic E-state index is 11.7. The van der Waals surface area contributed by atoms with E-state index in [-0.39, 0.29) is 6.79 Å². The monoisotopic (exact) mass is 311 g/mol. The lowest BCUT2D eigenvalue weighted by Crippen LogP contribution is -2.44. The number of ether oxygens (including phenoxy) is 2. The maximum Gasteiger partial charge on any atom is 0.321 e. The average molecular weight is 311 g/mol. The molecule has 0 aliphatic carbocycles. The summed E-state index contributed by atoms with van der Waals surface area (Å²) in [7, 11) is 0. The molecule has 1 atom stereocenters. The van der Waals surface area contributed by atoms with Crippen molar-refractivity contribution in [1.29, 1.82) is 0 Å². The average Bonchev–Trinajstić information content (AvgIpc) is 3.01. The van der Waals surface area contributed by atoms with Crippen molar-refractivity contribution in [3.05, 3.63) is 59.2 Å². The second-order valence-electron chi connectivity index (χ2n) is 5.92. The largest absolute Gasteiger partial charge is 0.480 e. The summed E-state index contributed by atoms with van der Waals surface area (Å²) in [6.45, 7) is 1.46. The molecule has 0 amide bonds. The molecule has 5 nitrogen and oxygen atoms in total. The third kappa shape index (κ3) is 2.64. The fraction of sp³-hybridized carbons (Fsp3) is 0.278. The van der Waals surface area contributed by atoms with Crippen molar-refractivity contribution < 1.29 is 19.4 Å². The summed E-state index contributed by atoms with van der Waals surface area (Å²) < 4.78 is 10.7. The van der Waals surface area contributed by atoms with E-state index in [1.807, 2.05) is 41.3 Å². The summed E-state index contributed by atoms with van der Waals surface area (Å²) in [5, 5.41) is 9.58. The van der Waals surface area contributed by atoms with Crippen LogP contribution in [0.25, 0.3) is 0 Å². The maximum absolute atomic E-state index is 11.7. The lowest BCUT2D eigenvalue weighted by atomic mass is 9.93. The van der Waals surface area contributed by atoms with Crippen molar-refractivity contribution in [1.82, 2.24) is 4.90 Å². The van der Waals surface area contributed by atoms with Crippen LogP contribution < -0.4 is 9.47 Å². The van der Waals surface area contributed by atoms with E-state index >= 15 is 0 Å². The Morgan fingerprint density at radius 2 is 1.91 bits per heavy atom. The minimum atomic E-state index is -0.778. The van der Waals surface area contributed by atoms with Gasteiger partial charge in [0.05, 0.1) is 0 Å². The molecule has 0 saturated carbocycles. The van der Waals surface area contributed by atoms with Gasteiger partial charge in [0, 0.05) is 13.1 Å². The number of hydrogen-bond donors (Lipinski definition) is 1. The van der Waals surface area contributed by atoms with Crippen LogP contribution in [0, 0.1) is 0 Å². The fourth-order valence-electron chi connectivity index (χ4n) is 3.26. The zero-order valence-electron chi connectivity index (χ0n) is 12.6. The minimum Gasteiger partial charge on any atom is -0.480 e. The Kier molecular flexibility index (Phi) is 3.42. The topological polar surface area (TPSA) is 59.0 Å². The fourth-order valence-corrected chi connectivity index (χ4v) is 3.26. The standard InChI is InChI=1S/C18H17NO4/c20-18(21)15-8-13-3-1-2-4-14(13)10-19(15)9-12-5-6-16-17(7-12)23-11-22-16/h1-7,15H,8-11H2,(H,20,21). The Hall–Kier alpha value is -2.53. The summed E-state index contributed by atoms with van der Waals surface area (Å²) >= 11 is 0. The summed E-state index contributed by atoms with van der Waals surface area (Å²) in [6, 6.07) is 13.3. The third-order valence-corrected chi connectivity index (χ3v) is 4.45. The predicted molar refractivity (Wildman–Crippen MR) is 83.4 cm³/mol. The van der Waals surface area contributed by atoms with Gasteiger partial charge in [-0.3, -0.25) is 9.69 Å². The molecule has 2 aromatic rings. The van der Waals surface area contributed by atoms with Crippen LogP contribution in [-0.2, 0) is 24.3 Å². The molecule has 0 radical (unpaired) electrons. The lowest BCUT2D eigenvalue weighted by molar-refractivity contribution is -0.144. The summed E-state index contributed by atoms with van der Waals surface area (Å²) in [4.78, 5) is 13.7. The molecular formula is C18H17NO4. The number of carboxylic acid groups (broad SMARTS) is 1. The highest BCUT2D eigenvalue weighted by Crippen LogP contribution is 2.33. The lowest BCUT2D eigenvalue weighted by Gasteiger charge is -2.34. The number of hydrogen-bond acceptors (Lipinski definition) is 4. The Morgan fingerprint density at radius 1 is 1.13 bits per heavy atom. The van der Waals surface area contributed by atoms with Gasteiger partial charge in [-0.15, -0.1) is 0 Å². The molecule has 0 saturated heterocycles. The summed E-state index contributed by atoms with van der Waals surface area (Å²) in [5.74, 6) is 0.694. The van der Waals surface area contributed by atoms with Gasteiger partial charge in [0.15, 0.2) is 11.5 Å². The molecule has 2 heterocycles. The molecule has 2 aliphatic heterocycles. The van der Waals surface area contributed by atoms with Gasteiger partial charge in [-0.05, 0) is 35.2 Å². The van der Waals surface area contributed by atoms with Crippen LogP contribution in [0.5, 0.6) is 11.5 Å². The second kappa shape index (κ2) is 5.59. The van der Waals surface area contributed by atoms with Crippen molar-refractivity contribution in [3.63, 3.8) is 0 Å². The van der Waals surface area contributed by atoms with Crippen LogP contribution in [0.4, 0.5) is 0 Å². The predicted octanol–water partition coefficient (Wildman–Crippen LogP) is 2.43. The Morgan fingerprint density at radius 3 is 2.74 bits per heavy atom. The van der Waals surface area contributed by atoms with Crippen LogP contribution in [0.3, 0.4) is 0 Å². The molecule has 5 heteroatoms. The molecule has 1 unspecified atom stereocenters. The highest BCUT2D eigenvalue weighted by molar-refractivity contribution is 5.74. The smallest absolute Gasteiger partial charge is 0.321 e. The van der Waals surface area contributed by atoms with Crippen molar-refractivity contribution >= 4 is 5.97 Å². The molecule has 1 N–H and O–H groups in total. The zero-order chi connectivity index (χ0) is 15.8. The first kappa shape index (κ1) is 14.1. The van der Waals surface area contributed by atoms with Crippen molar-refractivity contribution in [2.24, 2.45) is 0 Å². The second-order valence-corrected chi connectivity index (χ2v) is 5.92. The van der Waals surface area contributed by atoms with Crippen LogP contribution in [0.15, 0.2) is 42.5 Å². The van der Waals surface area contributed by atoms with E-state index in [1.165, 1.54) is 5.56 Å². The van der Waals surface area contributed by atoms with Gasteiger partial charge in [-0.1, -0.05) is 30.3 Å². The highest BCUT2D eigenvalue weighted by atomic mass is 16.7. The third-order valence-electron chi connectivity index (χ3n) is 4.45. The molecule has 0 bridgehead atoms. The zero-order valence-corrected chi connectivity index (χ0v) is 12.6. The van der Waals surface area contributed by atoms with Gasteiger partial charge >= 0.3 is 5.97 Å². The minimum absolute atomic E-state index is 0.244. The van der Waals surface area contributed by atoms with Gasteiger partial charge in [-0.2, -0.15) is 0 Å². The molecule has 2 aromatic carbocycles. The molecule has 0 spiro atoms. The Bertz CT molecular complexity index is 758. The summed E-state index contributed by atoms with van der Waals surface area (Å²) in [6.07, 6.45) is 0.538. The van der Waals surface area contributed by atoms with Gasteiger partial charge in [0.2, 0.25) is 6.79 Å². The molecule has 2 aliphatic rings. The first-order valence-electron chi connectivity index (χ1n) is 7.63.